The average molecular weight is 348 g/mol. The van der Waals surface area contributed by atoms with Crippen molar-refractivity contribution in [2.75, 3.05) is 7.11 Å². The highest BCUT2D eigenvalue weighted by Crippen LogP contribution is 2.24. The molecule has 25 heavy (non-hydrogen) atoms. The minimum Gasteiger partial charge on any atom is -0.469 e. The third-order valence-electron chi connectivity index (χ3n) is 4.42. The van der Waals surface area contributed by atoms with Gasteiger partial charge in [0.05, 0.1) is 13.2 Å². The number of aliphatic hydroxyl groups excluding tert-OH is 1. The number of carbonyl (C=O) groups is 2. The van der Waals surface area contributed by atoms with Gasteiger partial charge in [0, 0.05) is 17.9 Å². The third kappa shape index (κ3) is 8.82. The second kappa shape index (κ2) is 12.6. The van der Waals surface area contributed by atoms with Gasteiger partial charge in [-0.15, -0.1) is 0 Å². The summed E-state index contributed by atoms with van der Waals surface area (Å²) in [7, 11) is 1.40. The number of rotatable bonds is 12. The Bertz CT molecular complexity index is 502. The normalized spacial score (nSPS) is 19.9. The Morgan fingerprint density at radius 2 is 2.08 bits per heavy atom. The molecule has 0 aromatic heterocycles. The van der Waals surface area contributed by atoms with Crippen LogP contribution in [0.1, 0.15) is 64.7 Å². The second-order valence-corrected chi connectivity index (χ2v) is 6.53. The van der Waals surface area contributed by atoms with Crippen molar-refractivity contribution in [1.29, 1.82) is 0 Å². The summed E-state index contributed by atoms with van der Waals surface area (Å²) in [6, 6.07) is 0. The standard InChI is InChI=1S/C21H32O4/c1-3-4-7-10-18(22)15-13-17-14-16-20(23)19(17)11-8-5-6-9-12-21(24)25-2/h11,13-18,22H,3-10,12H2,1-2H3/b15-13+,19-11+. The maximum absolute atomic E-state index is 12.0. The van der Waals surface area contributed by atoms with Crippen molar-refractivity contribution in [3.8, 4) is 0 Å². The molecule has 0 amide bonds. The molecule has 0 saturated carbocycles. The molecule has 1 rings (SSSR count). The summed E-state index contributed by atoms with van der Waals surface area (Å²) in [6.07, 6.45) is 16.9. The number of ether oxygens (including phenoxy) is 1. The van der Waals surface area contributed by atoms with Crippen LogP contribution in [0.5, 0.6) is 0 Å². The lowest BCUT2D eigenvalue weighted by Gasteiger charge is -2.08. The molecule has 0 fully saturated rings. The van der Waals surface area contributed by atoms with Crippen molar-refractivity contribution in [1.82, 2.24) is 0 Å². The SMILES string of the molecule is CCCCCC(O)/C=C/C1C=CC(=O)/C1=C/CCCCCC(=O)OC. The molecule has 4 nitrogen and oxygen atoms in total. The molecular formula is C21H32O4. The van der Waals surface area contributed by atoms with Gasteiger partial charge in [0.1, 0.15) is 0 Å². The molecule has 0 spiro atoms. The van der Waals surface area contributed by atoms with Crippen molar-refractivity contribution in [2.45, 2.75) is 70.8 Å². The molecule has 1 aliphatic rings. The van der Waals surface area contributed by atoms with Crippen LogP contribution in [-0.2, 0) is 14.3 Å². The van der Waals surface area contributed by atoms with Gasteiger partial charge in [-0.05, 0) is 31.8 Å². The van der Waals surface area contributed by atoms with E-state index in [-0.39, 0.29) is 17.7 Å². The summed E-state index contributed by atoms with van der Waals surface area (Å²) in [5, 5.41) is 9.97. The lowest BCUT2D eigenvalue weighted by atomic mass is 9.98. The Balaban J connectivity index is 2.38. The summed E-state index contributed by atoms with van der Waals surface area (Å²) in [4.78, 5) is 23.0. The summed E-state index contributed by atoms with van der Waals surface area (Å²) >= 11 is 0. The van der Waals surface area contributed by atoms with Crippen LogP contribution >= 0.6 is 0 Å². The summed E-state index contributed by atoms with van der Waals surface area (Å²) in [5.41, 5.74) is 0.796. The number of aliphatic hydroxyl groups is 1. The molecule has 0 saturated heterocycles. The minimum atomic E-state index is -0.435. The lowest BCUT2D eigenvalue weighted by Crippen LogP contribution is -2.05. The smallest absolute Gasteiger partial charge is 0.305 e. The topological polar surface area (TPSA) is 63.6 Å². The Morgan fingerprint density at radius 3 is 2.80 bits per heavy atom. The van der Waals surface area contributed by atoms with Gasteiger partial charge in [-0.2, -0.15) is 0 Å². The van der Waals surface area contributed by atoms with Gasteiger partial charge >= 0.3 is 5.97 Å². The Labute approximate surface area is 151 Å². The van der Waals surface area contributed by atoms with E-state index in [2.05, 4.69) is 11.7 Å². The largest absolute Gasteiger partial charge is 0.469 e. The van der Waals surface area contributed by atoms with E-state index in [4.69, 9.17) is 0 Å². The molecule has 2 unspecified atom stereocenters. The molecule has 0 radical (unpaired) electrons. The highest BCUT2D eigenvalue weighted by molar-refractivity contribution is 6.07. The van der Waals surface area contributed by atoms with Crippen molar-refractivity contribution in [2.24, 2.45) is 5.92 Å². The van der Waals surface area contributed by atoms with Gasteiger partial charge in [-0.1, -0.05) is 56.9 Å². The number of hydrogen-bond donors (Lipinski definition) is 1. The molecule has 1 aliphatic carbocycles. The highest BCUT2D eigenvalue weighted by atomic mass is 16.5. The van der Waals surface area contributed by atoms with Gasteiger partial charge < -0.3 is 9.84 Å². The van der Waals surface area contributed by atoms with E-state index in [0.717, 1.165) is 56.9 Å². The van der Waals surface area contributed by atoms with Gasteiger partial charge in [-0.3, -0.25) is 9.59 Å². The first-order valence-corrected chi connectivity index (χ1v) is 9.44. The number of unbranched alkanes of at least 4 members (excludes halogenated alkanes) is 5. The van der Waals surface area contributed by atoms with Crippen molar-refractivity contribution in [3.05, 3.63) is 36.0 Å². The van der Waals surface area contributed by atoms with E-state index in [9.17, 15) is 14.7 Å². The summed E-state index contributed by atoms with van der Waals surface area (Å²) in [5.74, 6) is -0.135. The van der Waals surface area contributed by atoms with Crippen LogP contribution in [0.15, 0.2) is 36.0 Å². The third-order valence-corrected chi connectivity index (χ3v) is 4.42. The molecule has 1 N–H and O–H groups in total. The van der Waals surface area contributed by atoms with E-state index >= 15 is 0 Å². The van der Waals surface area contributed by atoms with E-state index in [1.165, 1.54) is 7.11 Å². The molecule has 0 aliphatic heterocycles. The fourth-order valence-corrected chi connectivity index (χ4v) is 2.86. The second-order valence-electron chi connectivity index (χ2n) is 6.53. The minimum absolute atomic E-state index is 0.0246. The summed E-state index contributed by atoms with van der Waals surface area (Å²) in [6.45, 7) is 2.14. The number of esters is 1. The Hall–Kier alpha value is -1.68. The molecule has 0 aromatic rings. The Morgan fingerprint density at radius 1 is 1.28 bits per heavy atom. The number of allylic oxidation sites excluding steroid dienone is 5. The van der Waals surface area contributed by atoms with Gasteiger partial charge in [0.25, 0.3) is 0 Å². The van der Waals surface area contributed by atoms with Gasteiger partial charge in [0.2, 0.25) is 0 Å². The highest BCUT2D eigenvalue weighted by Gasteiger charge is 2.20. The van der Waals surface area contributed by atoms with E-state index in [1.54, 1.807) is 6.08 Å². The van der Waals surface area contributed by atoms with Crippen LogP contribution in [-0.4, -0.2) is 30.1 Å². The van der Waals surface area contributed by atoms with Crippen LogP contribution in [0.3, 0.4) is 0 Å². The average Bonchev–Trinajstić information content (AvgIpc) is 2.96. The zero-order chi connectivity index (χ0) is 18.5. The van der Waals surface area contributed by atoms with Crippen molar-refractivity contribution >= 4 is 11.8 Å². The number of methoxy groups -OCH3 is 1. The molecular weight excluding hydrogens is 316 g/mol. The van der Waals surface area contributed by atoms with E-state index in [1.807, 2.05) is 24.3 Å². The predicted molar refractivity (Wildman–Crippen MR) is 100 cm³/mol. The molecule has 0 aromatic carbocycles. The molecule has 4 heteroatoms. The molecule has 2 atom stereocenters. The number of ketones is 1. The van der Waals surface area contributed by atoms with Gasteiger partial charge in [0.15, 0.2) is 5.78 Å². The predicted octanol–water partition coefficient (Wildman–Crippen LogP) is 4.29. The maximum atomic E-state index is 12.0. The van der Waals surface area contributed by atoms with E-state index < -0.39 is 6.10 Å². The first kappa shape index (κ1) is 21.4. The summed E-state index contributed by atoms with van der Waals surface area (Å²) < 4.78 is 4.61. The van der Waals surface area contributed by atoms with Crippen molar-refractivity contribution < 1.29 is 19.4 Å². The van der Waals surface area contributed by atoms with Crippen LogP contribution < -0.4 is 0 Å². The Kier molecular flexibility index (Phi) is 10.8. The number of hydrogen-bond acceptors (Lipinski definition) is 4. The van der Waals surface area contributed by atoms with Gasteiger partial charge in [-0.25, -0.2) is 0 Å². The first-order valence-electron chi connectivity index (χ1n) is 9.44. The molecule has 0 bridgehead atoms. The van der Waals surface area contributed by atoms with Crippen LogP contribution in [0, 0.1) is 5.92 Å². The number of carbonyl (C=O) groups excluding carboxylic acids is 2. The zero-order valence-electron chi connectivity index (χ0n) is 15.6. The van der Waals surface area contributed by atoms with Crippen LogP contribution in [0.25, 0.3) is 0 Å². The fourth-order valence-electron chi connectivity index (χ4n) is 2.86. The zero-order valence-corrected chi connectivity index (χ0v) is 15.6. The monoisotopic (exact) mass is 348 g/mol. The van der Waals surface area contributed by atoms with E-state index in [0.29, 0.717) is 6.42 Å². The van der Waals surface area contributed by atoms with Crippen molar-refractivity contribution in [3.63, 3.8) is 0 Å². The maximum Gasteiger partial charge on any atom is 0.305 e. The fraction of sp³-hybridized carbons (Fsp3) is 0.619. The molecule has 140 valence electrons. The van der Waals surface area contributed by atoms with Crippen LogP contribution in [0.2, 0.25) is 0 Å². The van der Waals surface area contributed by atoms with Crippen LogP contribution in [0.4, 0.5) is 0 Å². The lowest BCUT2D eigenvalue weighted by molar-refractivity contribution is -0.140. The molecule has 0 heterocycles. The first-order chi connectivity index (χ1) is 12.1. The quantitative estimate of drug-likeness (QED) is 0.247.